The van der Waals surface area contributed by atoms with E-state index in [-0.39, 0.29) is 17.0 Å². The third-order valence-electron chi connectivity index (χ3n) is 2.86. The molecule has 0 aromatic heterocycles. The zero-order valence-corrected chi connectivity index (χ0v) is 11.8. The van der Waals surface area contributed by atoms with Crippen LogP contribution in [0.5, 0.6) is 11.5 Å². The first-order valence-corrected chi connectivity index (χ1v) is 6.91. The van der Waals surface area contributed by atoms with Crippen molar-refractivity contribution in [3.8, 4) is 11.5 Å². The van der Waals surface area contributed by atoms with Crippen LogP contribution in [0.1, 0.15) is 32.3 Å². The van der Waals surface area contributed by atoms with Crippen LogP contribution in [0.25, 0.3) is 0 Å². The number of hydrogen-bond acceptors (Lipinski definition) is 3. The third kappa shape index (κ3) is 4.39. The molecule has 0 radical (unpaired) electrons. The summed E-state index contributed by atoms with van der Waals surface area (Å²) in [4.78, 5) is 2.24. The molecule has 0 saturated carbocycles. The highest BCUT2D eigenvalue weighted by Crippen LogP contribution is 2.26. The Morgan fingerprint density at radius 2 is 1.72 bits per heavy atom. The van der Waals surface area contributed by atoms with E-state index < -0.39 is 0 Å². The Kier molecular flexibility index (Phi) is 6.30. The molecule has 1 rings (SSSR count). The average Bonchev–Trinajstić information content (AvgIpc) is 2.33. The fourth-order valence-corrected chi connectivity index (χ4v) is 2.36. The number of benzene rings is 1. The predicted octanol–water partition coefficient (Wildman–Crippen LogP) is 3.33. The minimum Gasteiger partial charge on any atom is -0.504 e. The van der Waals surface area contributed by atoms with E-state index in [0.717, 1.165) is 31.5 Å². The Bertz CT molecular complexity index is 365. The van der Waals surface area contributed by atoms with Crippen LogP contribution in [0.15, 0.2) is 18.2 Å². The standard InChI is InChI=1S/C14H22ClNO2/c1-3-7-16(8-4-2)14(15)10-11-5-6-12(17)13(18)9-11/h5-6,9,14,17-18H,3-4,7-8,10H2,1-2H3. The molecule has 4 heteroatoms. The summed E-state index contributed by atoms with van der Waals surface area (Å²) in [5, 5.41) is 18.7. The Morgan fingerprint density at radius 3 is 2.22 bits per heavy atom. The molecule has 0 aliphatic rings. The molecule has 0 fully saturated rings. The monoisotopic (exact) mass is 271 g/mol. The maximum absolute atomic E-state index is 9.45. The van der Waals surface area contributed by atoms with Crippen molar-refractivity contribution in [3.05, 3.63) is 23.8 Å². The van der Waals surface area contributed by atoms with Crippen molar-refractivity contribution in [1.29, 1.82) is 0 Å². The SMILES string of the molecule is CCCN(CCC)C(Cl)Cc1ccc(O)c(O)c1. The molecule has 1 aromatic rings. The van der Waals surface area contributed by atoms with Crippen LogP contribution in [0.2, 0.25) is 0 Å². The van der Waals surface area contributed by atoms with Gasteiger partial charge in [0.1, 0.15) is 0 Å². The maximum Gasteiger partial charge on any atom is 0.157 e. The minimum absolute atomic E-state index is 0.0751. The van der Waals surface area contributed by atoms with Crippen molar-refractivity contribution in [2.24, 2.45) is 0 Å². The largest absolute Gasteiger partial charge is 0.504 e. The van der Waals surface area contributed by atoms with E-state index in [2.05, 4.69) is 18.7 Å². The maximum atomic E-state index is 9.45. The third-order valence-corrected chi connectivity index (χ3v) is 3.29. The molecular weight excluding hydrogens is 250 g/mol. The fourth-order valence-electron chi connectivity index (χ4n) is 1.99. The lowest BCUT2D eigenvalue weighted by molar-refractivity contribution is 0.250. The van der Waals surface area contributed by atoms with Crippen LogP contribution in [-0.4, -0.2) is 33.7 Å². The number of alkyl halides is 1. The van der Waals surface area contributed by atoms with Gasteiger partial charge in [-0.2, -0.15) is 0 Å². The van der Waals surface area contributed by atoms with Crippen molar-refractivity contribution in [2.75, 3.05) is 13.1 Å². The van der Waals surface area contributed by atoms with Gasteiger partial charge in [-0.1, -0.05) is 19.9 Å². The first kappa shape index (κ1) is 15.1. The molecule has 1 atom stereocenters. The van der Waals surface area contributed by atoms with E-state index in [4.69, 9.17) is 11.6 Å². The molecule has 18 heavy (non-hydrogen) atoms. The topological polar surface area (TPSA) is 43.7 Å². The van der Waals surface area contributed by atoms with E-state index in [9.17, 15) is 10.2 Å². The quantitative estimate of drug-likeness (QED) is 0.454. The summed E-state index contributed by atoms with van der Waals surface area (Å²) in [6, 6.07) is 4.86. The molecule has 0 spiro atoms. The van der Waals surface area contributed by atoms with Gasteiger partial charge in [0.05, 0.1) is 5.50 Å². The molecule has 1 aromatic carbocycles. The summed E-state index contributed by atoms with van der Waals surface area (Å²) in [7, 11) is 0. The molecule has 1 unspecified atom stereocenters. The van der Waals surface area contributed by atoms with Crippen molar-refractivity contribution in [3.63, 3.8) is 0 Å². The van der Waals surface area contributed by atoms with Crippen molar-refractivity contribution in [1.82, 2.24) is 4.90 Å². The van der Waals surface area contributed by atoms with Gasteiger partial charge in [-0.05, 0) is 43.6 Å². The lowest BCUT2D eigenvalue weighted by Crippen LogP contribution is -2.34. The van der Waals surface area contributed by atoms with Gasteiger partial charge in [0.15, 0.2) is 11.5 Å². The summed E-state index contributed by atoms with van der Waals surface area (Å²) >= 11 is 6.41. The second-order valence-corrected chi connectivity index (χ2v) is 5.00. The van der Waals surface area contributed by atoms with Crippen LogP contribution in [0, 0.1) is 0 Å². The summed E-state index contributed by atoms with van der Waals surface area (Å²) in [5.41, 5.74) is 0.858. The number of rotatable bonds is 7. The first-order valence-electron chi connectivity index (χ1n) is 6.47. The van der Waals surface area contributed by atoms with Crippen LogP contribution in [0.3, 0.4) is 0 Å². The van der Waals surface area contributed by atoms with Crippen LogP contribution in [-0.2, 0) is 6.42 Å². The minimum atomic E-state index is -0.0937. The lowest BCUT2D eigenvalue weighted by Gasteiger charge is -2.26. The Morgan fingerprint density at radius 1 is 1.11 bits per heavy atom. The number of nitrogens with zero attached hydrogens (tertiary/aromatic N) is 1. The molecule has 0 heterocycles. The highest BCUT2D eigenvalue weighted by molar-refractivity contribution is 6.20. The number of phenols is 2. The van der Waals surface area contributed by atoms with E-state index in [1.54, 1.807) is 12.1 Å². The zero-order valence-electron chi connectivity index (χ0n) is 11.1. The molecule has 0 saturated heterocycles. The van der Waals surface area contributed by atoms with Gasteiger partial charge < -0.3 is 10.2 Å². The van der Waals surface area contributed by atoms with Crippen LogP contribution < -0.4 is 0 Å². The summed E-state index contributed by atoms with van der Waals surface area (Å²) < 4.78 is 0. The molecule has 102 valence electrons. The molecule has 0 aliphatic heterocycles. The zero-order chi connectivity index (χ0) is 13.5. The van der Waals surface area contributed by atoms with Crippen LogP contribution in [0.4, 0.5) is 0 Å². The second-order valence-electron chi connectivity index (χ2n) is 4.50. The van der Waals surface area contributed by atoms with Gasteiger partial charge in [-0.3, -0.25) is 4.90 Å². The van der Waals surface area contributed by atoms with E-state index in [1.807, 2.05) is 0 Å². The molecule has 2 N–H and O–H groups in total. The Labute approximate surface area is 114 Å². The molecule has 0 bridgehead atoms. The van der Waals surface area contributed by atoms with Gasteiger partial charge in [-0.25, -0.2) is 0 Å². The number of aromatic hydroxyl groups is 2. The van der Waals surface area contributed by atoms with Crippen molar-refractivity contribution in [2.45, 2.75) is 38.6 Å². The summed E-state index contributed by atoms with van der Waals surface area (Å²) in [6.45, 7) is 6.23. The number of hydrogen-bond donors (Lipinski definition) is 2. The first-order chi connectivity index (χ1) is 8.58. The van der Waals surface area contributed by atoms with Crippen LogP contribution >= 0.6 is 11.6 Å². The van der Waals surface area contributed by atoms with Gasteiger partial charge in [0, 0.05) is 6.42 Å². The normalized spacial score (nSPS) is 12.9. The lowest BCUT2D eigenvalue weighted by atomic mass is 10.1. The molecule has 0 aliphatic carbocycles. The summed E-state index contributed by atoms with van der Waals surface area (Å²) in [5.74, 6) is -0.183. The Balaban J connectivity index is 2.66. The van der Waals surface area contributed by atoms with Gasteiger partial charge >= 0.3 is 0 Å². The molecular formula is C14H22ClNO2. The molecule has 0 amide bonds. The van der Waals surface area contributed by atoms with E-state index in [0.29, 0.717) is 6.42 Å². The molecule has 3 nitrogen and oxygen atoms in total. The smallest absolute Gasteiger partial charge is 0.157 e. The van der Waals surface area contributed by atoms with Crippen molar-refractivity contribution >= 4 is 11.6 Å². The van der Waals surface area contributed by atoms with E-state index in [1.165, 1.54) is 6.07 Å². The summed E-state index contributed by atoms with van der Waals surface area (Å²) in [6.07, 6.45) is 2.81. The average molecular weight is 272 g/mol. The van der Waals surface area contributed by atoms with Gasteiger partial charge in [0.2, 0.25) is 0 Å². The number of phenolic OH excluding ortho intramolecular Hbond substituents is 2. The highest BCUT2D eigenvalue weighted by Gasteiger charge is 2.15. The van der Waals surface area contributed by atoms with Gasteiger partial charge in [0.25, 0.3) is 0 Å². The number of halogens is 1. The van der Waals surface area contributed by atoms with E-state index >= 15 is 0 Å². The predicted molar refractivity (Wildman–Crippen MR) is 75.3 cm³/mol. The fraction of sp³-hybridized carbons (Fsp3) is 0.571. The van der Waals surface area contributed by atoms with Crippen molar-refractivity contribution < 1.29 is 10.2 Å². The second kappa shape index (κ2) is 7.49. The Hall–Kier alpha value is -0.930. The highest BCUT2D eigenvalue weighted by atomic mass is 35.5. The van der Waals surface area contributed by atoms with Gasteiger partial charge in [-0.15, -0.1) is 11.6 Å².